The number of fused-ring (bicyclic) bond motifs is 1. The highest BCUT2D eigenvalue weighted by Crippen LogP contribution is 2.36. The van der Waals surface area contributed by atoms with Crippen LogP contribution in [0.4, 0.5) is 0 Å². The molecule has 1 aliphatic heterocycles. The van der Waals surface area contributed by atoms with Crippen molar-refractivity contribution in [2.24, 2.45) is 0 Å². The van der Waals surface area contributed by atoms with E-state index in [0.717, 1.165) is 36.7 Å². The van der Waals surface area contributed by atoms with Crippen molar-refractivity contribution < 1.29 is 9.53 Å². The number of hydrogen-bond donors (Lipinski definition) is 0. The highest BCUT2D eigenvalue weighted by molar-refractivity contribution is 8.00. The van der Waals surface area contributed by atoms with Gasteiger partial charge in [0.1, 0.15) is 11.1 Å². The SMILES string of the molecule is O=C1OCC[C@H]1Sc1nnc(Cc2cccc3ccccc23)n1C1CCCCC1. The van der Waals surface area contributed by atoms with Gasteiger partial charge in [0.05, 0.1) is 6.61 Å². The Labute approximate surface area is 174 Å². The fourth-order valence-electron chi connectivity index (χ4n) is 4.54. The zero-order valence-electron chi connectivity index (χ0n) is 16.4. The van der Waals surface area contributed by atoms with Crippen LogP contribution in [-0.2, 0) is 16.0 Å². The van der Waals surface area contributed by atoms with Crippen molar-refractivity contribution in [1.82, 2.24) is 14.8 Å². The third-order valence-corrected chi connectivity index (χ3v) is 7.24. The summed E-state index contributed by atoms with van der Waals surface area (Å²) in [6, 6.07) is 15.4. The molecule has 0 bridgehead atoms. The number of carbonyl (C=O) groups excluding carboxylic acids is 1. The molecular weight excluding hydrogens is 382 g/mol. The number of rotatable bonds is 5. The van der Waals surface area contributed by atoms with Crippen LogP contribution >= 0.6 is 11.8 Å². The third kappa shape index (κ3) is 3.78. The van der Waals surface area contributed by atoms with Gasteiger partial charge in [0.15, 0.2) is 5.16 Å². The second-order valence-corrected chi connectivity index (χ2v) is 9.11. The second-order valence-electron chi connectivity index (χ2n) is 7.94. The highest BCUT2D eigenvalue weighted by Gasteiger charge is 2.31. The van der Waals surface area contributed by atoms with Gasteiger partial charge in [-0.2, -0.15) is 0 Å². The Morgan fingerprint density at radius 1 is 1.00 bits per heavy atom. The van der Waals surface area contributed by atoms with Crippen LogP contribution in [0.25, 0.3) is 10.8 Å². The van der Waals surface area contributed by atoms with E-state index in [2.05, 4.69) is 57.2 Å². The summed E-state index contributed by atoms with van der Waals surface area (Å²) in [7, 11) is 0. The maximum absolute atomic E-state index is 12.0. The molecule has 1 saturated heterocycles. The number of benzene rings is 2. The van der Waals surface area contributed by atoms with Gasteiger partial charge in [0.2, 0.25) is 0 Å². The average molecular weight is 408 g/mol. The number of esters is 1. The number of nitrogens with zero attached hydrogens (tertiary/aromatic N) is 3. The first-order valence-electron chi connectivity index (χ1n) is 10.5. The van der Waals surface area contributed by atoms with E-state index in [-0.39, 0.29) is 11.2 Å². The Morgan fingerprint density at radius 3 is 2.66 bits per heavy atom. The fraction of sp³-hybridized carbons (Fsp3) is 0.435. The molecule has 1 atom stereocenters. The zero-order chi connectivity index (χ0) is 19.6. The summed E-state index contributed by atoms with van der Waals surface area (Å²) >= 11 is 1.53. The van der Waals surface area contributed by atoms with Crippen LogP contribution in [0.15, 0.2) is 47.6 Å². The topological polar surface area (TPSA) is 57.0 Å². The van der Waals surface area contributed by atoms with Gasteiger partial charge in [-0.05, 0) is 29.2 Å². The van der Waals surface area contributed by atoms with Gasteiger partial charge in [-0.1, -0.05) is 73.5 Å². The summed E-state index contributed by atoms with van der Waals surface area (Å²) in [6.45, 7) is 0.511. The Balaban J connectivity index is 1.50. The van der Waals surface area contributed by atoms with Gasteiger partial charge < -0.3 is 9.30 Å². The maximum atomic E-state index is 12.0. The molecule has 29 heavy (non-hydrogen) atoms. The molecule has 0 spiro atoms. The van der Waals surface area contributed by atoms with Gasteiger partial charge in [0, 0.05) is 18.9 Å². The van der Waals surface area contributed by atoms with Crippen molar-refractivity contribution in [3.8, 4) is 0 Å². The Bertz CT molecular complexity index is 1020. The van der Waals surface area contributed by atoms with E-state index in [0.29, 0.717) is 12.6 Å². The lowest BCUT2D eigenvalue weighted by atomic mass is 9.95. The van der Waals surface area contributed by atoms with E-state index < -0.39 is 0 Å². The van der Waals surface area contributed by atoms with Crippen LogP contribution < -0.4 is 0 Å². The van der Waals surface area contributed by atoms with Crippen molar-refractivity contribution >= 4 is 28.5 Å². The molecule has 5 rings (SSSR count). The van der Waals surface area contributed by atoms with Gasteiger partial charge >= 0.3 is 5.97 Å². The predicted molar refractivity (Wildman–Crippen MR) is 114 cm³/mol. The summed E-state index contributed by atoms with van der Waals surface area (Å²) in [5, 5.41) is 12.4. The summed E-state index contributed by atoms with van der Waals surface area (Å²) in [5.41, 5.74) is 1.27. The van der Waals surface area contributed by atoms with Gasteiger partial charge in [-0.25, -0.2) is 0 Å². The first-order chi connectivity index (χ1) is 14.3. The minimum Gasteiger partial charge on any atom is -0.465 e. The Kier molecular flexibility index (Phi) is 5.27. The molecule has 2 aliphatic rings. The first kappa shape index (κ1) is 18.7. The fourth-order valence-corrected chi connectivity index (χ4v) is 5.63. The summed E-state index contributed by atoms with van der Waals surface area (Å²) < 4.78 is 7.49. The van der Waals surface area contributed by atoms with E-state index in [1.54, 1.807) is 0 Å². The number of carbonyl (C=O) groups is 1. The number of hydrogen-bond acceptors (Lipinski definition) is 5. The number of thioether (sulfide) groups is 1. The molecule has 150 valence electrons. The first-order valence-corrected chi connectivity index (χ1v) is 11.4. The average Bonchev–Trinajstić information content (AvgIpc) is 3.35. The standard InChI is InChI=1S/C23H25N3O2S/c27-22-20(13-14-28-22)29-23-25-24-21(26(23)18-10-2-1-3-11-18)15-17-9-6-8-16-7-4-5-12-19(16)17/h4-9,12,18,20H,1-3,10-11,13-15H2/t20-/m1/s1. The predicted octanol–water partition coefficient (Wildman–Crippen LogP) is 4.93. The van der Waals surface area contributed by atoms with Gasteiger partial charge in [-0.15, -0.1) is 10.2 Å². The van der Waals surface area contributed by atoms with Crippen LogP contribution in [0, 0.1) is 0 Å². The lowest BCUT2D eigenvalue weighted by Crippen LogP contribution is -2.18. The lowest BCUT2D eigenvalue weighted by Gasteiger charge is -2.26. The minimum atomic E-state index is -0.160. The Hall–Kier alpha value is -2.34. The number of ether oxygens (including phenoxy) is 1. The lowest BCUT2D eigenvalue weighted by molar-refractivity contribution is -0.137. The van der Waals surface area contributed by atoms with Crippen LogP contribution in [-0.4, -0.2) is 32.6 Å². The van der Waals surface area contributed by atoms with Crippen LogP contribution in [0.5, 0.6) is 0 Å². The van der Waals surface area contributed by atoms with E-state index in [9.17, 15) is 4.79 Å². The summed E-state index contributed by atoms with van der Waals surface area (Å²) in [5.74, 6) is 0.880. The van der Waals surface area contributed by atoms with E-state index in [4.69, 9.17) is 4.74 Å². The molecular formula is C23H25N3O2S. The van der Waals surface area contributed by atoms with E-state index in [1.807, 2.05) is 0 Å². The number of cyclic esters (lactones) is 1. The molecule has 0 N–H and O–H groups in total. The largest absolute Gasteiger partial charge is 0.465 e. The van der Waals surface area contributed by atoms with Crippen molar-refractivity contribution in [1.29, 1.82) is 0 Å². The smallest absolute Gasteiger partial charge is 0.319 e. The molecule has 0 unspecified atom stereocenters. The molecule has 0 amide bonds. The van der Waals surface area contributed by atoms with Crippen molar-refractivity contribution in [2.45, 2.75) is 61.4 Å². The molecule has 1 aliphatic carbocycles. The maximum Gasteiger partial charge on any atom is 0.319 e. The van der Waals surface area contributed by atoms with Crippen molar-refractivity contribution in [3.63, 3.8) is 0 Å². The molecule has 0 radical (unpaired) electrons. The molecule has 2 heterocycles. The molecule has 5 nitrogen and oxygen atoms in total. The van der Waals surface area contributed by atoms with E-state index in [1.165, 1.54) is 47.4 Å². The third-order valence-electron chi connectivity index (χ3n) is 6.04. The molecule has 1 aromatic heterocycles. The van der Waals surface area contributed by atoms with Crippen LogP contribution in [0.1, 0.15) is 56.0 Å². The molecule has 3 aromatic rings. The normalized spacial score (nSPS) is 20.3. The quantitative estimate of drug-likeness (QED) is 0.561. The summed E-state index contributed by atoms with van der Waals surface area (Å²) in [4.78, 5) is 12.0. The van der Waals surface area contributed by atoms with Crippen molar-refractivity contribution in [2.75, 3.05) is 6.61 Å². The van der Waals surface area contributed by atoms with Gasteiger partial charge in [0.25, 0.3) is 0 Å². The van der Waals surface area contributed by atoms with Gasteiger partial charge in [-0.3, -0.25) is 4.79 Å². The molecule has 2 aromatic carbocycles. The Morgan fingerprint density at radius 2 is 1.83 bits per heavy atom. The second kappa shape index (κ2) is 8.19. The molecule has 6 heteroatoms. The highest BCUT2D eigenvalue weighted by atomic mass is 32.2. The van der Waals surface area contributed by atoms with Crippen LogP contribution in [0.3, 0.4) is 0 Å². The minimum absolute atomic E-state index is 0.121. The number of aromatic nitrogens is 3. The van der Waals surface area contributed by atoms with Crippen LogP contribution in [0.2, 0.25) is 0 Å². The van der Waals surface area contributed by atoms with Crippen molar-refractivity contribution in [3.05, 3.63) is 53.9 Å². The zero-order valence-corrected chi connectivity index (χ0v) is 17.2. The summed E-state index contributed by atoms with van der Waals surface area (Å²) in [6.07, 6.45) is 7.60. The van der Waals surface area contributed by atoms with E-state index >= 15 is 0 Å². The monoisotopic (exact) mass is 407 g/mol. The molecule has 2 fully saturated rings. The molecule has 1 saturated carbocycles.